The van der Waals surface area contributed by atoms with E-state index in [1.165, 1.54) is 28.3 Å². The van der Waals surface area contributed by atoms with Gasteiger partial charge in [-0.3, -0.25) is 4.79 Å². The lowest BCUT2D eigenvalue weighted by Crippen LogP contribution is -2.42. The Morgan fingerprint density at radius 3 is 2.24 bits per heavy atom. The Bertz CT molecular complexity index is 1070. The minimum absolute atomic E-state index is 0.0216. The summed E-state index contributed by atoms with van der Waals surface area (Å²) in [5.41, 5.74) is 3.72. The van der Waals surface area contributed by atoms with Crippen LogP contribution >= 0.6 is 0 Å². The van der Waals surface area contributed by atoms with Gasteiger partial charge in [0, 0.05) is 12.8 Å². The van der Waals surface area contributed by atoms with Gasteiger partial charge in [0.1, 0.15) is 6.10 Å². The number of hydrogen-bond donors (Lipinski definition) is 1. The minimum atomic E-state index is -0.790. The summed E-state index contributed by atoms with van der Waals surface area (Å²) in [6.45, 7) is 3.74. The summed E-state index contributed by atoms with van der Waals surface area (Å²) in [5.74, 6) is -0.214. The molecule has 1 aliphatic rings. The fourth-order valence-electron chi connectivity index (χ4n) is 4.32. The number of nitrogens with one attached hydrogen (secondary N) is 1. The average Bonchev–Trinajstić information content (AvgIpc) is 2.91. The number of hydroxylamine groups is 1. The molecular formula is C25H33N3O9. The number of ether oxygens (including phenoxy) is 6. The van der Waals surface area contributed by atoms with Crippen molar-refractivity contribution in [2.45, 2.75) is 51.2 Å². The molecule has 0 radical (unpaired) electrons. The lowest BCUT2D eigenvalue weighted by Gasteiger charge is -2.36. The van der Waals surface area contributed by atoms with Crippen LogP contribution < -0.4 is 29.2 Å². The number of carbonyl (C=O) groups excluding carboxylic acids is 2. The second-order valence-electron chi connectivity index (χ2n) is 8.21. The summed E-state index contributed by atoms with van der Waals surface area (Å²) < 4.78 is 32.1. The Morgan fingerprint density at radius 1 is 0.973 bits per heavy atom. The Labute approximate surface area is 215 Å². The molecule has 0 aliphatic heterocycles. The Balaban J connectivity index is 1.86. The smallest absolute Gasteiger partial charge is 0.367 e. The van der Waals surface area contributed by atoms with Crippen molar-refractivity contribution in [1.82, 2.24) is 15.4 Å². The summed E-state index contributed by atoms with van der Waals surface area (Å²) in [5, 5.41) is 0. The second kappa shape index (κ2) is 12.9. The first-order valence-electron chi connectivity index (χ1n) is 11.8. The van der Waals surface area contributed by atoms with Crippen LogP contribution in [0.5, 0.6) is 29.3 Å². The minimum Gasteiger partial charge on any atom is -0.493 e. The molecule has 12 heteroatoms. The molecule has 2 aromatic rings. The number of esters is 1. The van der Waals surface area contributed by atoms with Gasteiger partial charge in [0.15, 0.2) is 17.1 Å². The van der Waals surface area contributed by atoms with Gasteiger partial charge in [-0.1, -0.05) is 6.07 Å². The van der Waals surface area contributed by atoms with E-state index in [2.05, 4.69) is 15.4 Å². The maximum Gasteiger partial charge on any atom is 0.367 e. The number of hydrogen-bond acceptors (Lipinski definition) is 12. The zero-order valence-electron chi connectivity index (χ0n) is 21.9. The van der Waals surface area contributed by atoms with Gasteiger partial charge in [-0.25, -0.2) is 4.79 Å². The molecule has 0 spiro atoms. The first-order valence-corrected chi connectivity index (χ1v) is 11.8. The van der Waals surface area contributed by atoms with Crippen molar-refractivity contribution in [1.29, 1.82) is 0 Å². The van der Waals surface area contributed by atoms with Gasteiger partial charge in [-0.05, 0) is 43.9 Å². The number of nitrogens with zero attached hydrogens (tertiary/aromatic N) is 2. The van der Waals surface area contributed by atoms with E-state index in [1.807, 2.05) is 25.1 Å². The number of carbonyl (C=O) groups is 2. The van der Waals surface area contributed by atoms with Crippen molar-refractivity contribution in [3.05, 3.63) is 29.3 Å². The molecule has 0 bridgehead atoms. The number of rotatable bonds is 11. The fourth-order valence-corrected chi connectivity index (χ4v) is 4.32. The number of benzene rings is 1. The largest absolute Gasteiger partial charge is 0.493 e. The van der Waals surface area contributed by atoms with Crippen LogP contribution in [-0.4, -0.2) is 69.1 Å². The maximum absolute atomic E-state index is 13.1. The van der Waals surface area contributed by atoms with Crippen molar-refractivity contribution < 1.29 is 42.8 Å². The molecule has 0 saturated heterocycles. The highest BCUT2D eigenvalue weighted by Gasteiger charge is 2.35. The van der Waals surface area contributed by atoms with E-state index in [-0.39, 0.29) is 47.4 Å². The molecule has 1 N–H and O–H groups in total. The van der Waals surface area contributed by atoms with E-state index in [0.717, 1.165) is 5.56 Å². The first-order chi connectivity index (χ1) is 17.8. The van der Waals surface area contributed by atoms with Crippen LogP contribution in [-0.2, 0) is 14.4 Å². The molecule has 0 amide bonds. The molecule has 202 valence electrons. The number of methoxy groups -OCH3 is 4. The molecular weight excluding hydrogens is 486 g/mol. The van der Waals surface area contributed by atoms with Gasteiger partial charge in [-0.15, -0.1) is 5.48 Å². The van der Waals surface area contributed by atoms with Crippen LogP contribution in [0.1, 0.15) is 54.9 Å². The van der Waals surface area contributed by atoms with Crippen LogP contribution in [0, 0.1) is 0 Å². The summed E-state index contributed by atoms with van der Waals surface area (Å²) in [6.07, 6.45) is 1.41. The molecule has 3 atom stereocenters. The highest BCUT2D eigenvalue weighted by molar-refractivity contribution is 5.94. The fraction of sp³-hybridized carbons (Fsp3) is 0.520. The summed E-state index contributed by atoms with van der Waals surface area (Å²) in [6, 6.07) is 5.32. The first kappa shape index (κ1) is 27.8. The van der Waals surface area contributed by atoms with E-state index in [9.17, 15) is 9.59 Å². The quantitative estimate of drug-likeness (QED) is 0.345. The lowest BCUT2D eigenvalue weighted by molar-refractivity contribution is -0.148. The molecule has 1 aliphatic carbocycles. The summed E-state index contributed by atoms with van der Waals surface area (Å²) >= 11 is 0. The third-order valence-corrected chi connectivity index (χ3v) is 5.95. The van der Waals surface area contributed by atoms with E-state index in [1.54, 1.807) is 7.11 Å². The topological polar surface area (TPSA) is 137 Å². The van der Waals surface area contributed by atoms with Gasteiger partial charge < -0.3 is 33.3 Å². The molecule has 3 rings (SSSR count). The van der Waals surface area contributed by atoms with Gasteiger partial charge in [-0.2, -0.15) is 9.97 Å². The van der Waals surface area contributed by atoms with Crippen LogP contribution in [0.2, 0.25) is 0 Å². The van der Waals surface area contributed by atoms with E-state index in [4.69, 9.17) is 33.3 Å². The maximum atomic E-state index is 13.1. The third-order valence-electron chi connectivity index (χ3n) is 5.95. The molecule has 0 unspecified atom stereocenters. The third kappa shape index (κ3) is 6.70. The Hall–Kier alpha value is -3.80. The van der Waals surface area contributed by atoms with E-state index in [0.29, 0.717) is 37.4 Å². The predicted molar refractivity (Wildman–Crippen MR) is 130 cm³/mol. The lowest BCUT2D eigenvalue weighted by atomic mass is 9.79. The SMILES string of the molecule is CCOc1cc([C@H]2C[C@H](OC(C)=O)CC[C@H]2NOC(=O)c2c(OC)nc(OC)nc2OC)ccc1OC. The summed E-state index contributed by atoms with van der Waals surface area (Å²) in [7, 11) is 5.68. The molecule has 37 heavy (non-hydrogen) atoms. The van der Waals surface area contributed by atoms with Gasteiger partial charge >= 0.3 is 17.9 Å². The zero-order chi connectivity index (χ0) is 26.9. The molecule has 1 fully saturated rings. The average molecular weight is 520 g/mol. The standard InChI is InChI=1S/C25H33N3O9/c1-7-35-20-12-15(8-11-19(20)31-3)17-13-16(36-14(2)29)9-10-18(17)28-37-24(30)21-22(32-4)26-25(34-6)27-23(21)33-5/h8,11-12,16-18,28H,7,9-10,13H2,1-6H3/t16-,17-,18-/m1/s1. The Kier molecular flexibility index (Phi) is 9.72. The van der Waals surface area contributed by atoms with Crippen molar-refractivity contribution in [3.8, 4) is 29.3 Å². The normalized spacial score (nSPS) is 18.9. The van der Waals surface area contributed by atoms with Crippen LogP contribution in [0.25, 0.3) is 0 Å². The predicted octanol–water partition coefficient (Wildman–Crippen LogP) is 2.84. The highest BCUT2D eigenvalue weighted by atomic mass is 16.7. The van der Waals surface area contributed by atoms with Gasteiger partial charge in [0.2, 0.25) is 11.8 Å². The second-order valence-corrected chi connectivity index (χ2v) is 8.21. The van der Waals surface area contributed by atoms with Gasteiger partial charge in [0.25, 0.3) is 0 Å². The molecule has 12 nitrogen and oxygen atoms in total. The van der Waals surface area contributed by atoms with Crippen molar-refractivity contribution >= 4 is 11.9 Å². The molecule has 1 heterocycles. The summed E-state index contributed by atoms with van der Waals surface area (Å²) in [4.78, 5) is 38.2. The molecule has 1 aromatic carbocycles. The molecule has 1 aromatic heterocycles. The van der Waals surface area contributed by atoms with E-state index >= 15 is 0 Å². The highest BCUT2D eigenvalue weighted by Crippen LogP contribution is 2.39. The Morgan fingerprint density at radius 2 is 1.68 bits per heavy atom. The molecule has 1 saturated carbocycles. The van der Waals surface area contributed by atoms with Crippen molar-refractivity contribution in [3.63, 3.8) is 0 Å². The van der Waals surface area contributed by atoms with Crippen LogP contribution in [0.4, 0.5) is 0 Å². The van der Waals surface area contributed by atoms with Crippen molar-refractivity contribution in [2.75, 3.05) is 35.0 Å². The van der Waals surface area contributed by atoms with Crippen LogP contribution in [0.15, 0.2) is 18.2 Å². The number of aromatic nitrogens is 2. The van der Waals surface area contributed by atoms with Gasteiger partial charge in [0.05, 0.1) is 41.1 Å². The van der Waals surface area contributed by atoms with E-state index < -0.39 is 5.97 Å². The zero-order valence-corrected chi connectivity index (χ0v) is 21.9. The van der Waals surface area contributed by atoms with Crippen LogP contribution in [0.3, 0.4) is 0 Å². The van der Waals surface area contributed by atoms with Crippen molar-refractivity contribution in [2.24, 2.45) is 0 Å². The monoisotopic (exact) mass is 519 g/mol.